The van der Waals surface area contributed by atoms with Gasteiger partial charge in [0.25, 0.3) is 0 Å². The van der Waals surface area contributed by atoms with Crippen molar-refractivity contribution in [1.82, 2.24) is 19.3 Å². The molecule has 1 aliphatic heterocycles. The van der Waals surface area contributed by atoms with Crippen LogP contribution in [0.4, 0.5) is 0 Å². The fourth-order valence-electron chi connectivity index (χ4n) is 3.15. The third kappa shape index (κ3) is 4.23. The van der Waals surface area contributed by atoms with Crippen molar-refractivity contribution >= 4 is 10.0 Å². The van der Waals surface area contributed by atoms with Gasteiger partial charge in [-0.05, 0) is 24.6 Å². The summed E-state index contributed by atoms with van der Waals surface area (Å²) in [6.45, 7) is 3.11. The van der Waals surface area contributed by atoms with Gasteiger partial charge in [-0.15, -0.1) is 5.10 Å². The number of rotatable bonds is 7. The summed E-state index contributed by atoms with van der Waals surface area (Å²) in [5.74, 6) is 0.795. The van der Waals surface area contributed by atoms with Crippen molar-refractivity contribution in [3.63, 3.8) is 0 Å². The van der Waals surface area contributed by atoms with E-state index in [1.807, 2.05) is 67.7 Å². The number of hydrogen-bond donors (Lipinski definition) is 0. The van der Waals surface area contributed by atoms with E-state index in [2.05, 4.69) is 10.3 Å². The predicted molar refractivity (Wildman–Crippen MR) is 105 cm³/mol. The number of benzene rings is 2. The quantitative estimate of drug-likeness (QED) is 0.611. The molecular formula is C20H22N4O3S. The molecule has 3 aromatic rings. The Morgan fingerprint density at radius 1 is 1.11 bits per heavy atom. The molecule has 4 rings (SSSR count). The van der Waals surface area contributed by atoms with E-state index in [-0.39, 0.29) is 11.8 Å². The van der Waals surface area contributed by atoms with Crippen molar-refractivity contribution < 1.29 is 13.2 Å². The molecule has 1 aliphatic rings. The van der Waals surface area contributed by atoms with Gasteiger partial charge in [0.1, 0.15) is 18.1 Å². The third-order valence-electron chi connectivity index (χ3n) is 4.72. The molecule has 28 heavy (non-hydrogen) atoms. The van der Waals surface area contributed by atoms with Crippen LogP contribution in [0.5, 0.6) is 5.75 Å². The number of ether oxygens (including phenoxy) is 1. The van der Waals surface area contributed by atoms with Gasteiger partial charge in [0.15, 0.2) is 0 Å². The maximum atomic E-state index is 12.6. The van der Waals surface area contributed by atoms with Crippen LogP contribution < -0.4 is 4.74 Å². The van der Waals surface area contributed by atoms with Crippen molar-refractivity contribution in [2.45, 2.75) is 25.3 Å². The van der Waals surface area contributed by atoms with Crippen LogP contribution in [0, 0.1) is 6.92 Å². The fraction of sp³-hybridized carbons (Fsp3) is 0.300. The van der Waals surface area contributed by atoms with Gasteiger partial charge < -0.3 is 4.74 Å². The second-order valence-corrected chi connectivity index (χ2v) is 8.98. The summed E-state index contributed by atoms with van der Waals surface area (Å²) >= 11 is 0. The summed E-state index contributed by atoms with van der Waals surface area (Å²) in [4.78, 5) is 0. The molecule has 0 radical (unpaired) electrons. The van der Waals surface area contributed by atoms with Gasteiger partial charge in [0, 0.05) is 13.1 Å². The zero-order valence-corrected chi connectivity index (χ0v) is 16.4. The van der Waals surface area contributed by atoms with E-state index >= 15 is 0 Å². The summed E-state index contributed by atoms with van der Waals surface area (Å²) in [6, 6.07) is 17.1. The number of nitrogens with zero attached hydrogens (tertiary/aromatic N) is 4. The first-order chi connectivity index (χ1) is 13.5. The molecule has 1 fully saturated rings. The first kappa shape index (κ1) is 18.6. The van der Waals surface area contributed by atoms with Crippen molar-refractivity contribution in [2.24, 2.45) is 0 Å². The zero-order valence-electron chi connectivity index (χ0n) is 15.6. The second-order valence-electron chi connectivity index (χ2n) is 7.01. The van der Waals surface area contributed by atoms with Gasteiger partial charge >= 0.3 is 0 Å². The largest absolute Gasteiger partial charge is 0.487 e. The molecule has 0 atom stereocenters. The van der Waals surface area contributed by atoms with E-state index in [1.54, 1.807) is 4.68 Å². The van der Waals surface area contributed by atoms with E-state index in [4.69, 9.17) is 4.74 Å². The molecular weight excluding hydrogens is 376 g/mol. The molecule has 0 N–H and O–H groups in total. The molecule has 0 aliphatic carbocycles. The van der Waals surface area contributed by atoms with Gasteiger partial charge in [0.05, 0.1) is 18.0 Å². The van der Waals surface area contributed by atoms with Crippen LogP contribution in [0.1, 0.15) is 22.9 Å². The summed E-state index contributed by atoms with van der Waals surface area (Å²) in [7, 11) is -3.33. The highest BCUT2D eigenvalue weighted by Crippen LogP contribution is 2.26. The normalized spacial score (nSPS) is 15.3. The molecule has 1 saturated heterocycles. The first-order valence-electron chi connectivity index (χ1n) is 9.11. The Hall–Kier alpha value is -2.71. The molecule has 7 nitrogen and oxygen atoms in total. The molecule has 0 bridgehead atoms. The van der Waals surface area contributed by atoms with Crippen LogP contribution in [0.25, 0.3) is 0 Å². The van der Waals surface area contributed by atoms with Crippen LogP contribution in [0.3, 0.4) is 0 Å². The van der Waals surface area contributed by atoms with Crippen LogP contribution in [0.15, 0.2) is 60.8 Å². The maximum absolute atomic E-state index is 12.6. The lowest BCUT2D eigenvalue weighted by molar-refractivity contribution is 0.188. The monoisotopic (exact) mass is 398 g/mol. The minimum Gasteiger partial charge on any atom is -0.487 e. The molecule has 1 aromatic heterocycles. The van der Waals surface area contributed by atoms with Gasteiger partial charge in [0.2, 0.25) is 10.0 Å². The lowest BCUT2D eigenvalue weighted by Gasteiger charge is -2.37. The van der Waals surface area contributed by atoms with Crippen LogP contribution in [0.2, 0.25) is 0 Å². The summed E-state index contributed by atoms with van der Waals surface area (Å²) in [5, 5.41) is 8.25. The molecule has 0 saturated carbocycles. The molecule has 2 aromatic carbocycles. The molecule has 0 unspecified atom stereocenters. The minimum atomic E-state index is -3.33. The highest BCUT2D eigenvalue weighted by molar-refractivity contribution is 7.88. The zero-order chi connectivity index (χ0) is 19.6. The van der Waals surface area contributed by atoms with Crippen molar-refractivity contribution in [2.75, 3.05) is 13.1 Å². The Morgan fingerprint density at radius 3 is 2.64 bits per heavy atom. The molecule has 146 valence electrons. The molecule has 0 spiro atoms. The van der Waals surface area contributed by atoms with E-state index in [0.717, 1.165) is 16.9 Å². The molecule has 2 heterocycles. The van der Waals surface area contributed by atoms with E-state index in [9.17, 15) is 8.42 Å². The average Bonchev–Trinajstić information content (AvgIpc) is 3.07. The Morgan fingerprint density at radius 2 is 1.89 bits per heavy atom. The summed E-state index contributed by atoms with van der Waals surface area (Å²) in [6.07, 6.45) is 1.82. The number of aryl methyl sites for hydroxylation is 1. The van der Waals surface area contributed by atoms with Crippen molar-refractivity contribution in [3.05, 3.63) is 77.6 Å². The van der Waals surface area contributed by atoms with Crippen LogP contribution in [-0.2, 0) is 22.4 Å². The third-order valence-corrected chi connectivity index (χ3v) is 6.50. The molecule has 8 heteroatoms. The Kier molecular flexibility index (Phi) is 5.15. The lowest BCUT2D eigenvalue weighted by atomic mass is 10.2. The van der Waals surface area contributed by atoms with Crippen LogP contribution >= 0.6 is 0 Å². The Bertz CT molecular complexity index is 1040. The standard InChI is InChI=1S/C20H22N4O3S/c1-16-6-5-7-17(10-16)15-28(25,26)23-12-19(13-23)24-11-18(21-22-24)14-27-20-8-3-2-4-9-20/h2-11,19H,12-15H2,1H3. The van der Waals surface area contributed by atoms with Gasteiger partial charge in [-0.3, -0.25) is 0 Å². The van der Waals surface area contributed by atoms with Crippen molar-refractivity contribution in [1.29, 1.82) is 0 Å². The maximum Gasteiger partial charge on any atom is 0.218 e. The van der Waals surface area contributed by atoms with E-state index < -0.39 is 10.0 Å². The number of hydrogen-bond acceptors (Lipinski definition) is 5. The van der Waals surface area contributed by atoms with E-state index in [0.29, 0.717) is 25.4 Å². The predicted octanol–water partition coefficient (Wildman–Crippen LogP) is 2.55. The topological polar surface area (TPSA) is 77.3 Å². The SMILES string of the molecule is Cc1cccc(CS(=O)(=O)N2CC(n3cc(COc4ccccc4)nn3)C2)c1. The van der Waals surface area contributed by atoms with Gasteiger partial charge in [-0.1, -0.05) is 53.2 Å². The Balaban J connectivity index is 1.32. The lowest BCUT2D eigenvalue weighted by Crippen LogP contribution is -2.51. The fourth-order valence-corrected chi connectivity index (χ4v) is 4.73. The average molecular weight is 398 g/mol. The first-order valence-corrected chi connectivity index (χ1v) is 10.7. The number of sulfonamides is 1. The molecule has 0 amide bonds. The highest BCUT2D eigenvalue weighted by Gasteiger charge is 2.37. The van der Waals surface area contributed by atoms with E-state index in [1.165, 1.54) is 4.31 Å². The smallest absolute Gasteiger partial charge is 0.218 e. The second kappa shape index (κ2) is 7.73. The van der Waals surface area contributed by atoms with Gasteiger partial charge in [-0.2, -0.15) is 4.31 Å². The van der Waals surface area contributed by atoms with Crippen molar-refractivity contribution in [3.8, 4) is 5.75 Å². The Labute approximate surface area is 164 Å². The number of aromatic nitrogens is 3. The van der Waals surface area contributed by atoms with Crippen LogP contribution in [-0.4, -0.2) is 40.8 Å². The highest BCUT2D eigenvalue weighted by atomic mass is 32.2. The van der Waals surface area contributed by atoms with Gasteiger partial charge in [-0.25, -0.2) is 13.1 Å². The summed E-state index contributed by atoms with van der Waals surface area (Å²) in [5.41, 5.74) is 2.58. The minimum absolute atomic E-state index is 0.00487. The summed E-state index contributed by atoms with van der Waals surface area (Å²) < 4.78 is 34.1. The number of para-hydroxylation sites is 1.